The van der Waals surface area contributed by atoms with Gasteiger partial charge in [-0.15, -0.1) is 0 Å². The van der Waals surface area contributed by atoms with Crippen LogP contribution in [-0.2, 0) is 0 Å². The van der Waals surface area contributed by atoms with Crippen molar-refractivity contribution >= 4 is 5.91 Å². The summed E-state index contributed by atoms with van der Waals surface area (Å²) in [5, 5.41) is 7.10. The molecule has 1 aromatic heterocycles. The van der Waals surface area contributed by atoms with Crippen LogP contribution >= 0.6 is 0 Å². The number of amides is 1. The van der Waals surface area contributed by atoms with Gasteiger partial charge in [0.1, 0.15) is 5.82 Å². The van der Waals surface area contributed by atoms with Crippen molar-refractivity contribution in [1.29, 1.82) is 0 Å². The highest BCUT2D eigenvalue weighted by Gasteiger charge is 2.31. The summed E-state index contributed by atoms with van der Waals surface area (Å²) in [6.45, 7) is 2.65. The highest BCUT2D eigenvalue weighted by atomic mass is 16.2. The number of hydrogen-bond acceptors (Lipinski definition) is 3. The fraction of sp³-hybridized carbons (Fsp3) is 0.400. The molecule has 2 aromatic rings. The molecule has 20 heavy (non-hydrogen) atoms. The maximum absolute atomic E-state index is 12.7. The molecule has 0 saturated carbocycles. The Labute approximate surface area is 118 Å². The molecule has 1 amide bonds. The Bertz CT molecular complexity index is 593. The number of carbonyl (C=O) groups is 1. The summed E-state index contributed by atoms with van der Waals surface area (Å²) < 4.78 is 0. The van der Waals surface area contributed by atoms with Crippen LogP contribution in [0.1, 0.15) is 47.3 Å². The zero-order valence-corrected chi connectivity index (χ0v) is 11.5. The molecule has 3 rings (SSSR count). The number of hydrogen-bond donors (Lipinski definition) is 1. The predicted octanol–water partition coefficient (Wildman–Crippen LogP) is 2.48. The predicted molar refractivity (Wildman–Crippen MR) is 75.2 cm³/mol. The number of nitrogens with zero attached hydrogens (tertiary/aromatic N) is 3. The van der Waals surface area contributed by atoms with Crippen molar-refractivity contribution in [2.45, 2.75) is 32.2 Å². The standard InChI is InChI=1S/C15H18N4O/c1-11-16-14(18-17-11)13-9-5-6-10-19(13)15(20)12-7-3-2-4-8-12/h2-4,7-8,13H,5-6,9-10H2,1H3,(H,16,17,18). The molecule has 1 unspecified atom stereocenters. The number of aryl methyl sites for hydroxylation is 1. The van der Waals surface area contributed by atoms with Crippen molar-refractivity contribution in [3.05, 3.63) is 47.5 Å². The Hall–Kier alpha value is -2.17. The van der Waals surface area contributed by atoms with Crippen LogP contribution in [0.3, 0.4) is 0 Å². The largest absolute Gasteiger partial charge is 0.328 e. The molecule has 5 heteroatoms. The number of rotatable bonds is 2. The third kappa shape index (κ3) is 2.43. The number of nitrogens with one attached hydrogen (secondary N) is 1. The number of piperidine rings is 1. The van der Waals surface area contributed by atoms with E-state index in [0.29, 0.717) is 0 Å². The lowest BCUT2D eigenvalue weighted by molar-refractivity contribution is 0.0600. The quantitative estimate of drug-likeness (QED) is 0.912. The molecule has 0 radical (unpaired) electrons. The fourth-order valence-corrected chi connectivity index (χ4v) is 2.70. The Morgan fingerprint density at radius 3 is 2.80 bits per heavy atom. The summed E-state index contributed by atoms with van der Waals surface area (Å²) in [4.78, 5) is 19.0. The van der Waals surface area contributed by atoms with Crippen LogP contribution in [0.4, 0.5) is 0 Å². The van der Waals surface area contributed by atoms with Gasteiger partial charge < -0.3 is 4.90 Å². The molecule has 1 N–H and O–H groups in total. The zero-order valence-electron chi connectivity index (χ0n) is 11.5. The summed E-state index contributed by atoms with van der Waals surface area (Å²) in [5.74, 6) is 1.59. The number of aromatic nitrogens is 3. The van der Waals surface area contributed by atoms with Crippen LogP contribution in [0.2, 0.25) is 0 Å². The molecule has 1 aliphatic heterocycles. The second-order valence-electron chi connectivity index (χ2n) is 5.16. The van der Waals surface area contributed by atoms with Crippen LogP contribution in [0.5, 0.6) is 0 Å². The van der Waals surface area contributed by atoms with Crippen molar-refractivity contribution in [1.82, 2.24) is 20.1 Å². The number of aromatic amines is 1. The minimum Gasteiger partial charge on any atom is -0.328 e. The van der Waals surface area contributed by atoms with Gasteiger partial charge in [-0.25, -0.2) is 4.98 Å². The Balaban J connectivity index is 1.87. The highest BCUT2D eigenvalue weighted by Crippen LogP contribution is 2.30. The van der Waals surface area contributed by atoms with E-state index < -0.39 is 0 Å². The molecular weight excluding hydrogens is 252 g/mol. The number of carbonyl (C=O) groups excluding carboxylic acids is 1. The maximum Gasteiger partial charge on any atom is 0.254 e. The monoisotopic (exact) mass is 270 g/mol. The number of H-pyrrole nitrogens is 1. The van der Waals surface area contributed by atoms with Crippen LogP contribution in [0, 0.1) is 6.92 Å². The first-order chi connectivity index (χ1) is 9.75. The smallest absolute Gasteiger partial charge is 0.254 e. The van der Waals surface area contributed by atoms with Gasteiger partial charge in [0, 0.05) is 12.1 Å². The van der Waals surface area contributed by atoms with Gasteiger partial charge in [-0.05, 0) is 38.3 Å². The van der Waals surface area contributed by atoms with E-state index in [9.17, 15) is 4.79 Å². The van der Waals surface area contributed by atoms with Crippen LogP contribution in [0.25, 0.3) is 0 Å². The van der Waals surface area contributed by atoms with Crippen molar-refractivity contribution in [2.24, 2.45) is 0 Å². The maximum atomic E-state index is 12.7. The molecule has 104 valence electrons. The SMILES string of the molecule is Cc1nc(C2CCCCN2C(=O)c2ccccc2)n[nH]1. The molecule has 1 atom stereocenters. The van der Waals surface area contributed by atoms with Gasteiger partial charge in [-0.3, -0.25) is 9.89 Å². The van der Waals surface area contributed by atoms with Crippen molar-refractivity contribution in [2.75, 3.05) is 6.54 Å². The average Bonchev–Trinajstić information content (AvgIpc) is 2.94. The first-order valence-electron chi connectivity index (χ1n) is 7.00. The molecule has 1 aliphatic rings. The molecular formula is C15H18N4O. The fourth-order valence-electron chi connectivity index (χ4n) is 2.70. The van der Waals surface area contributed by atoms with E-state index in [-0.39, 0.29) is 11.9 Å². The summed E-state index contributed by atoms with van der Waals surface area (Å²) in [6, 6.07) is 9.41. The summed E-state index contributed by atoms with van der Waals surface area (Å²) in [7, 11) is 0. The molecule has 0 spiro atoms. The molecule has 1 aromatic carbocycles. The molecule has 0 bridgehead atoms. The summed E-state index contributed by atoms with van der Waals surface area (Å²) in [6.07, 6.45) is 3.07. The Morgan fingerprint density at radius 2 is 2.10 bits per heavy atom. The number of benzene rings is 1. The zero-order chi connectivity index (χ0) is 13.9. The van der Waals surface area contributed by atoms with E-state index in [4.69, 9.17) is 0 Å². The second kappa shape index (κ2) is 5.45. The highest BCUT2D eigenvalue weighted by molar-refractivity contribution is 5.94. The van der Waals surface area contributed by atoms with Crippen LogP contribution < -0.4 is 0 Å². The molecule has 1 fully saturated rings. The minimum absolute atomic E-state index is 0.0126. The van der Waals surface area contributed by atoms with Gasteiger partial charge in [-0.1, -0.05) is 18.2 Å². The molecule has 2 heterocycles. The lowest BCUT2D eigenvalue weighted by Gasteiger charge is -2.34. The van der Waals surface area contributed by atoms with E-state index in [1.165, 1.54) is 0 Å². The molecule has 1 saturated heterocycles. The first kappa shape index (κ1) is 12.8. The van der Waals surface area contributed by atoms with E-state index in [0.717, 1.165) is 43.0 Å². The topological polar surface area (TPSA) is 61.9 Å². The summed E-state index contributed by atoms with van der Waals surface area (Å²) >= 11 is 0. The van der Waals surface area contributed by atoms with E-state index in [2.05, 4.69) is 15.2 Å². The third-order valence-corrected chi connectivity index (χ3v) is 3.70. The van der Waals surface area contributed by atoms with E-state index >= 15 is 0 Å². The van der Waals surface area contributed by atoms with Gasteiger partial charge in [-0.2, -0.15) is 5.10 Å². The lowest BCUT2D eigenvalue weighted by atomic mass is 10.00. The normalized spacial score (nSPS) is 19.1. The van der Waals surface area contributed by atoms with Crippen molar-refractivity contribution in [3.8, 4) is 0 Å². The van der Waals surface area contributed by atoms with Gasteiger partial charge in [0.2, 0.25) is 0 Å². The van der Waals surface area contributed by atoms with Gasteiger partial charge >= 0.3 is 0 Å². The lowest BCUT2D eigenvalue weighted by Crippen LogP contribution is -2.39. The Kier molecular flexibility index (Phi) is 3.50. The third-order valence-electron chi connectivity index (χ3n) is 3.70. The first-order valence-corrected chi connectivity index (χ1v) is 7.00. The van der Waals surface area contributed by atoms with Gasteiger partial charge in [0.05, 0.1) is 6.04 Å². The van der Waals surface area contributed by atoms with E-state index in [1.807, 2.05) is 42.2 Å². The minimum atomic E-state index is -0.0126. The summed E-state index contributed by atoms with van der Waals surface area (Å²) in [5.41, 5.74) is 0.728. The Morgan fingerprint density at radius 1 is 1.30 bits per heavy atom. The molecule has 5 nitrogen and oxygen atoms in total. The van der Waals surface area contributed by atoms with E-state index in [1.54, 1.807) is 0 Å². The van der Waals surface area contributed by atoms with Crippen LogP contribution in [0.15, 0.2) is 30.3 Å². The molecule has 0 aliphatic carbocycles. The van der Waals surface area contributed by atoms with Gasteiger partial charge in [0.15, 0.2) is 5.82 Å². The van der Waals surface area contributed by atoms with Crippen molar-refractivity contribution in [3.63, 3.8) is 0 Å². The van der Waals surface area contributed by atoms with Crippen molar-refractivity contribution < 1.29 is 4.79 Å². The number of likely N-dealkylation sites (tertiary alicyclic amines) is 1. The second-order valence-corrected chi connectivity index (χ2v) is 5.16. The average molecular weight is 270 g/mol. The van der Waals surface area contributed by atoms with Gasteiger partial charge in [0.25, 0.3) is 5.91 Å². The van der Waals surface area contributed by atoms with Crippen LogP contribution in [-0.4, -0.2) is 32.5 Å².